The van der Waals surface area contributed by atoms with Gasteiger partial charge in [0, 0.05) is 5.38 Å². The summed E-state index contributed by atoms with van der Waals surface area (Å²) in [5.74, 6) is -1.16. The van der Waals surface area contributed by atoms with Crippen molar-refractivity contribution in [1.82, 2.24) is 9.97 Å². The van der Waals surface area contributed by atoms with Gasteiger partial charge in [-0.25, -0.2) is 19.6 Å². The van der Waals surface area contributed by atoms with Crippen LogP contribution in [0.3, 0.4) is 0 Å². The van der Waals surface area contributed by atoms with E-state index in [4.69, 9.17) is 4.74 Å². The summed E-state index contributed by atoms with van der Waals surface area (Å²) in [4.78, 5) is 42.9. The van der Waals surface area contributed by atoms with Crippen molar-refractivity contribution in [1.29, 1.82) is 0 Å². The van der Waals surface area contributed by atoms with Gasteiger partial charge in [0.05, 0.1) is 19.1 Å². The van der Waals surface area contributed by atoms with Crippen LogP contribution in [0, 0.1) is 0 Å². The second-order valence-corrected chi connectivity index (χ2v) is 6.15. The van der Waals surface area contributed by atoms with Crippen molar-refractivity contribution in [2.75, 3.05) is 14.2 Å². The first-order valence-corrected chi connectivity index (χ1v) is 7.96. The molecule has 0 atom stereocenters. The molecule has 0 saturated heterocycles. The van der Waals surface area contributed by atoms with Crippen LogP contribution in [0.5, 0.6) is 0 Å². The normalized spacial score (nSPS) is 11.2. The monoisotopic (exact) mass is 352 g/mol. The molecule has 0 aliphatic carbocycles. The SMILES string of the molecule is COC(=O)c1csc(-c2nc(C(=O)OC)c(C=C(C)C=O)s2)n1. The van der Waals surface area contributed by atoms with E-state index in [2.05, 4.69) is 14.7 Å². The van der Waals surface area contributed by atoms with Crippen molar-refractivity contribution in [3.05, 3.63) is 27.2 Å². The summed E-state index contributed by atoms with van der Waals surface area (Å²) in [6.45, 7) is 1.62. The lowest BCUT2D eigenvalue weighted by Crippen LogP contribution is -2.03. The molecule has 0 N–H and O–H groups in total. The Hall–Kier alpha value is -2.39. The van der Waals surface area contributed by atoms with Gasteiger partial charge in [0.15, 0.2) is 21.4 Å². The van der Waals surface area contributed by atoms with E-state index in [-0.39, 0.29) is 11.4 Å². The predicted octanol–water partition coefficient (Wildman–Crippen LogP) is 2.44. The Labute approximate surface area is 139 Å². The lowest BCUT2D eigenvalue weighted by molar-refractivity contribution is -0.104. The number of rotatable bonds is 5. The number of esters is 2. The fraction of sp³-hybridized carbons (Fsp3) is 0.214. The van der Waals surface area contributed by atoms with Crippen LogP contribution in [0.2, 0.25) is 0 Å². The minimum Gasteiger partial charge on any atom is -0.464 e. The zero-order chi connectivity index (χ0) is 17.0. The quantitative estimate of drug-likeness (QED) is 0.463. The molecule has 0 radical (unpaired) electrons. The molecule has 0 aliphatic heterocycles. The molecular formula is C14H12N2O5S2. The van der Waals surface area contributed by atoms with Crippen LogP contribution in [-0.4, -0.2) is 42.4 Å². The highest BCUT2D eigenvalue weighted by Crippen LogP contribution is 2.32. The van der Waals surface area contributed by atoms with Gasteiger partial charge < -0.3 is 9.47 Å². The minimum atomic E-state index is -0.609. The highest BCUT2D eigenvalue weighted by atomic mass is 32.1. The van der Waals surface area contributed by atoms with E-state index < -0.39 is 11.9 Å². The molecule has 2 heterocycles. The first kappa shape index (κ1) is 17.0. The van der Waals surface area contributed by atoms with E-state index >= 15 is 0 Å². The number of hydrogen-bond donors (Lipinski definition) is 0. The number of aldehydes is 1. The third-order valence-electron chi connectivity index (χ3n) is 2.66. The Morgan fingerprint density at radius 1 is 1.13 bits per heavy atom. The topological polar surface area (TPSA) is 95.5 Å². The largest absolute Gasteiger partial charge is 0.464 e. The fourth-order valence-corrected chi connectivity index (χ4v) is 3.46. The van der Waals surface area contributed by atoms with Gasteiger partial charge in [0.1, 0.15) is 6.29 Å². The summed E-state index contributed by atoms with van der Waals surface area (Å²) in [6.07, 6.45) is 2.23. The molecule has 0 unspecified atom stereocenters. The lowest BCUT2D eigenvalue weighted by Gasteiger charge is -1.95. The molecule has 9 heteroatoms. The predicted molar refractivity (Wildman–Crippen MR) is 85.6 cm³/mol. The van der Waals surface area contributed by atoms with E-state index in [0.717, 1.165) is 0 Å². The minimum absolute atomic E-state index is 0.100. The molecule has 0 fully saturated rings. The maximum absolute atomic E-state index is 11.8. The molecule has 0 aromatic carbocycles. The van der Waals surface area contributed by atoms with Crippen LogP contribution >= 0.6 is 22.7 Å². The molecule has 0 amide bonds. The molecule has 0 aliphatic rings. The smallest absolute Gasteiger partial charge is 0.358 e. The molecule has 120 valence electrons. The van der Waals surface area contributed by atoms with Crippen molar-refractivity contribution in [2.45, 2.75) is 6.92 Å². The fourth-order valence-electron chi connectivity index (χ4n) is 1.58. The Balaban J connectivity index is 2.48. The van der Waals surface area contributed by atoms with Gasteiger partial charge in [-0.1, -0.05) is 0 Å². The van der Waals surface area contributed by atoms with Crippen molar-refractivity contribution >= 4 is 47.0 Å². The van der Waals surface area contributed by atoms with E-state index in [0.29, 0.717) is 26.8 Å². The number of nitrogens with zero attached hydrogens (tertiary/aromatic N) is 2. The van der Waals surface area contributed by atoms with Crippen LogP contribution in [0.1, 0.15) is 32.8 Å². The second-order valence-electron chi connectivity index (χ2n) is 4.26. The summed E-state index contributed by atoms with van der Waals surface area (Å²) in [5, 5.41) is 2.48. The second kappa shape index (κ2) is 7.25. The molecule has 2 aromatic rings. The van der Waals surface area contributed by atoms with Gasteiger partial charge in [-0.3, -0.25) is 4.79 Å². The van der Waals surface area contributed by atoms with E-state index in [1.54, 1.807) is 18.4 Å². The zero-order valence-electron chi connectivity index (χ0n) is 12.5. The van der Waals surface area contributed by atoms with Gasteiger partial charge in [-0.15, -0.1) is 22.7 Å². The van der Waals surface area contributed by atoms with Gasteiger partial charge in [0.25, 0.3) is 0 Å². The third kappa shape index (κ3) is 3.69. The number of allylic oxidation sites excluding steroid dienone is 1. The molecule has 2 aromatic heterocycles. The molecule has 0 saturated carbocycles. The third-order valence-corrected chi connectivity index (χ3v) is 4.65. The number of carbonyl (C=O) groups excluding carboxylic acids is 3. The number of thiazole rings is 2. The number of hydrogen-bond acceptors (Lipinski definition) is 9. The van der Waals surface area contributed by atoms with Crippen LogP contribution < -0.4 is 0 Å². The first-order chi connectivity index (χ1) is 11.0. The van der Waals surface area contributed by atoms with Gasteiger partial charge in [-0.2, -0.15) is 0 Å². The van der Waals surface area contributed by atoms with Crippen molar-refractivity contribution in [2.24, 2.45) is 0 Å². The van der Waals surface area contributed by atoms with Gasteiger partial charge >= 0.3 is 11.9 Å². The number of carbonyl (C=O) groups is 3. The summed E-state index contributed by atoms with van der Waals surface area (Å²) in [7, 11) is 2.52. The van der Waals surface area contributed by atoms with E-state index in [1.807, 2.05) is 0 Å². The molecule has 0 spiro atoms. The summed E-state index contributed by atoms with van der Waals surface area (Å²) < 4.78 is 9.30. The summed E-state index contributed by atoms with van der Waals surface area (Å²) >= 11 is 2.39. The molecule has 23 heavy (non-hydrogen) atoms. The summed E-state index contributed by atoms with van der Waals surface area (Å²) in [5.41, 5.74) is 0.715. The van der Waals surface area contributed by atoms with E-state index in [9.17, 15) is 14.4 Å². The van der Waals surface area contributed by atoms with Crippen LogP contribution in [0.4, 0.5) is 0 Å². The van der Waals surface area contributed by atoms with Crippen LogP contribution in [0.15, 0.2) is 11.0 Å². The highest BCUT2D eigenvalue weighted by molar-refractivity contribution is 7.21. The van der Waals surface area contributed by atoms with Crippen molar-refractivity contribution in [3.8, 4) is 10.0 Å². The Kier molecular flexibility index (Phi) is 5.35. The molecule has 7 nitrogen and oxygen atoms in total. The maximum Gasteiger partial charge on any atom is 0.358 e. The highest BCUT2D eigenvalue weighted by Gasteiger charge is 2.21. The van der Waals surface area contributed by atoms with Crippen molar-refractivity contribution in [3.63, 3.8) is 0 Å². The average molecular weight is 352 g/mol. The van der Waals surface area contributed by atoms with Crippen LogP contribution in [0.25, 0.3) is 16.1 Å². The number of aromatic nitrogens is 2. The van der Waals surface area contributed by atoms with E-state index in [1.165, 1.54) is 36.9 Å². The first-order valence-electron chi connectivity index (χ1n) is 6.27. The standard InChI is InChI=1S/C14H12N2O5S2/c1-7(5-17)4-9-10(14(19)21-3)16-12(23-9)11-15-8(6-22-11)13(18)20-2/h4-6H,1-3H3. The average Bonchev–Trinajstić information content (AvgIpc) is 3.20. The molecule has 0 bridgehead atoms. The zero-order valence-corrected chi connectivity index (χ0v) is 14.1. The Morgan fingerprint density at radius 2 is 1.83 bits per heavy atom. The van der Waals surface area contributed by atoms with Gasteiger partial charge in [-0.05, 0) is 18.6 Å². The van der Waals surface area contributed by atoms with Crippen molar-refractivity contribution < 1.29 is 23.9 Å². The number of ether oxygens (including phenoxy) is 2. The lowest BCUT2D eigenvalue weighted by atomic mass is 10.2. The molecule has 2 rings (SSSR count). The molecular weight excluding hydrogens is 340 g/mol. The van der Waals surface area contributed by atoms with Gasteiger partial charge in [0.2, 0.25) is 0 Å². The van der Waals surface area contributed by atoms with Crippen LogP contribution in [-0.2, 0) is 14.3 Å². The maximum atomic E-state index is 11.8. The number of methoxy groups -OCH3 is 2. The Bertz CT molecular complexity index is 791. The summed E-state index contributed by atoms with van der Waals surface area (Å²) in [6, 6.07) is 0. The Morgan fingerprint density at radius 3 is 2.43 bits per heavy atom.